The van der Waals surface area contributed by atoms with Crippen molar-refractivity contribution in [3.63, 3.8) is 0 Å². The lowest BCUT2D eigenvalue weighted by atomic mass is 10.2. The van der Waals surface area contributed by atoms with Gasteiger partial charge in [-0.1, -0.05) is 11.2 Å². The summed E-state index contributed by atoms with van der Waals surface area (Å²) in [5, 5.41) is 14.6. The van der Waals surface area contributed by atoms with Crippen molar-refractivity contribution in [2.24, 2.45) is 10.9 Å². The Kier molecular flexibility index (Phi) is 4.56. The van der Waals surface area contributed by atoms with Crippen LogP contribution < -0.4 is 11.1 Å². The van der Waals surface area contributed by atoms with Crippen LogP contribution in [0.3, 0.4) is 0 Å². The molecule has 0 aliphatic rings. The van der Waals surface area contributed by atoms with Crippen LogP contribution in [-0.2, 0) is 6.54 Å². The molecule has 5 heteroatoms. The molecule has 1 heterocycles. The summed E-state index contributed by atoms with van der Waals surface area (Å²) < 4.78 is 0. The topological polar surface area (TPSA) is 83.5 Å². The summed E-state index contributed by atoms with van der Waals surface area (Å²) in [5.74, 6) is 0.237. The van der Waals surface area contributed by atoms with E-state index in [2.05, 4.69) is 15.5 Å². The van der Waals surface area contributed by atoms with Crippen LogP contribution in [0.5, 0.6) is 0 Å². The van der Waals surface area contributed by atoms with E-state index in [1.807, 2.05) is 25.3 Å². The molecule has 0 bridgehead atoms. The average Bonchev–Trinajstić information content (AvgIpc) is 2.27. The summed E-state index contributed by atoms with van der Waals surface area (Å²) in [6.07, 6.45) is 4.07. The molecule has 0 aliphatic heterocycles. The van der Waals surface area contributed by atoms with Gasteiger partial charge in [0.25, 0.3) is 0 Å². The summed E-state index contributed by atoms with van der Waals surface area (Å²) >= 11 is 0. The second-order valence-corrected chi connectivity index (χ2v) is 3.44. The van der Waals surface area contributed by atoms with Crippen LogP contribution in [0.4, 0.5) is 0 Å². The number of nitrogens with two attached hydrogens (primary N) is 1. The minimum Gasteiger partial charge on any atom is -0.409 e. The highest BCUT2D eigenvalue weighted by Crippen LogP contribution is 1.97. The van der Waals surface area contributed by atoms with Crippen LogP contribution in [0.2, 0.25) is 0 Å². The molecule has 82 valence electrons. The Morgan fingerprint density at radius 3 is 3.13 bits per heavy atom. The highest BCUT2D eigenvalue weighted by atomic mass is 16.4. The molecule has 1 unspecified atom stereocenters. The fraction of sp³-hybridized carbons (Fsp3) is 0.400. The summed E-state index contributed by atoms with van der Waals surface area (Å²) in [6.45, 7) is 2.71. The minimum atomic E-state index is 0.168. The molecule has 1 aromatic heterocycles. The van der Waals surface area contributed by atoms with Gasteiger partial charge in [0.1, 0.15) is 5.84 Å². The lowest BCUT2D eigenvalue weighted by Gasteiger charge is -2.12. The first-order valence-electron chi connectivity index (χ1n) is 4.81. The van der Waals surface area contributed by atoms with Crippen LogP contribution in [-0.4, -0.2) is 22.1 Å². The number of nitrogens with one attached hydrogen (secondary N) is 1. The first-order valence-corrected chi connectivity index (χ1v) is 4.81. The van der Waals surface area contributed by atoms with Gasteiger partial charge in [-0.25, -0.2) is 0 Å². The summed E-state index contributed by atoms with van der Waals surface area (Å²) in [4.78, 5) is 4.01. The van der Waals surface area contributed by atoms with Gasteiger partial charge in [-0.2, -0.15) is 0 Å². The maximum absolute atomic E-state index is 8.39. The molecule has 1 aromatic rings. The monoisotopic (exact) mass is 208 g/mol. The van der Waals surface area contributed by atoms with Crippen LogP contribution in [0, 0.1) is 0 Å². The largest absolute Gasteiger partial charge is 0.409 e. The predicted molar refractivity (Wildman–Crippen MR) is 58.6 cm³/mol. The third-order valence-corrected chi connectivity index (χ3v) is 2.02. The van der Waals surface area contributed by atoms with Gasteiger partial charge in [-0.3, -0.25) is 4.98 Å². The highest BCUT2D eigenvalue weighted by molar-refractivity contribution is 5.80. The second kappa shape index (κ2) is 5.98. The zero-order chi connectivity index (χ0) is 11.1. The Labute approximate surface area is 89.0 Å². The third kappa shape index (κ3) is 4.42. The minimum absolute atomic E-state index is 0.168. The van der Waals surface area contributed by atoms with Crippen molar-refractivity contribution in [3.05, 3.63) is 30.1 Å². The van der Waals surface area contributed by atoms with Crippen molar-refractivity contribution >= 4 is 5.84 Å². The molecule has 0 aliphatic carbocycles. The van der Waals surface area contributed by atoms with Gasteiger partial charge in [0.15, 0.2) is 0 Å². The van der Waals surface area contributed by atoms with E-state index >= 15 is 0 Å². The van der Waals surface area contributed by atoms with Crippen molar-refractivity contribution in [1.82, 2.24) is 10.3 Å². The Hall–Kier alpha value is -1.62. The number of hydrogen-bond acceptors (Lipinski definition) is 4. The molecular formula is C10H16N4O. The molecule has 4 N–H and O–H groups in total. The fourth-order valence-corrected chi connectivity index (χ4v) is 1.22. The Bertz CT molecular complexity index is 312. The van der Waals surface area contributed by atoms with Crippen LogP contribution in [0.25, 0.3) is 0 Å². The van der Waals surface area contributed by atoms with E-state index in [4.69, 9.17) is 10.9 Å². The summed E-state index contributed by atoms with van der Waals surface area (Å²) in [5.41, 5.74) is 6.51. The predicted octanol–water partition coefficient (Wildman–Crippen LogP) is 0.696. The van der Waals surface area contributed by atoms with E-state index in [-0.39, 0.29) is 11.9 Å². The van der Waals surface area contributed by atoms with Crippen molar-refractivity contribution in [3.8, 4) is 0 Å². The van der Waals surface area contributed by atoms with E-state index in [0.29, 0.717) is 6.42 Å². The maximum Gasteiger partial charge on any atom is 0.140 e. The highest BCUT2D eigenvalue weighted by Gasteiger charge is 2.04. The van der Waals surface area contributed by atoms with Gasteiger partial charge in [0.2, 0.25) is 0 Å². The van der Waals surface area contributed by atoms with Gasteiger partial charge < -0.3 is 16.3 Å². The molecule has 0 aromatic carbocycles. The number of oxime groups is 1. The van der Waals surface area contributed by atoms with Gasteiger partial charge >= 0.3 is 0 Å². The van der Waals surface area contributed by atoms with Crippen molar-refractivity contribution in [2.45, 2.75) is 25.9 Å². The summed E-state index contributed by atoms with van der Waals surface area (Å²) in [6, 6.07) is 4.06. The molecule has 0 amide bonds. The van der Waals surface area contributed by atoms with Crippen molar-refractivity contribution in [1.29, 1.82) is 0 Å². The molecule has 15 heavy (non-hydrogen) atoms. The normalized spacial score (nSPS) is 13.8. The first kappa shape index (κ1) is 11.5. The second-order valence-electron chi connectivity index (χ2n) is 3.44. The number of rotatable bonds is 5. The number of hydrogen-bond donors (Lipinski definition) is 3. The van der Waals surface area contributed by atoms with E-state index in [0.717, 1.165) is 12.1 Å². The zero-order valence-corrected chi connectivity index (χ0v) is 8.72. The smallest absolute Gasteiger partial charge is 0.140 e. The van der Waals surface area contributed by atoms with E-state index in [9.17, 15) is 0 Å². The Morgan fingerprint density at radius 2 is 2.53 bits per heavy atom. The quantitative estimate of drug-likeness (QED) is 0.288. The van der Waals surface area contributed by atoms with Crippen LogP contribution >= 0.6 is 0 Å². The van der Waals surface area contributed by atoms with Gasteiger partial charge in [0, 0.05) is 31.4 Å². The third-order valence-electron chi connectivity index (χ3n) is 2.02. The average molecular weight is 208 g/mol. The van der Waals surface area contributed by atoms with E-state index < -0.39 is 0 Å². The zero-order valence-electron chi connectivity index (χ0n) is 8.72. The maximum atomic E-state index is 8.39. The molecule has 1 rings (SSSR count). The van der Waals surface area contributed by atoms with Crippen molar-refractivity contribution < 1.29 is 5.21 Å². The number of nitrogens with zero attached hydrogens (tertiary/aromatic N) is 2. The van der Waals surface area contributed by atoms with Crippen LogP contribution in [0.15, 0.2) is 29.7 Å². The molecule has 0 saturated carbocycles. The molecule has 5 nitrogen and oxygen atoms in total. The lowest BCUT2D eigenvalue weighted by molar-refractivity contribution is 0.316. The Balaban J connectivity index is 2.31. The van der Waals surface area contributed by atoms with E-state index in [1.165, 1.54) is 0 Å². The van der Waals surface area contributed by atoms with Gasteiger partial charge in [-0.15, -0.1) is 0 Å². The van der Waals surface area contributed by atoms with Gasteiger partial charge in [0.05, 0.1) is 0 Å². The summed E-state index contributed by atoms with van der Waals surface area (Å²) in [7, 11) is 0. The molecule has 0 fully saturated rings. The van der Waals surface area contributed by atoms with Gasteiger partial charge in [-0.05, 0) is 18.6 Å². The fourth-order valence-electron chi connectivity index (χ4n) is 1.22. The SMILES string of the molecule is CC(CC(N)=NO)NCc1cccnc1. The molecular weight excluding hydrogens is 192 g/mol. The van der Waals surface area contributed by atoms with E-state index in [1.54, 1.807) is 6.20 Å². The van der Waals surface area contributed by atoms with Crippen molar-refractivity contribution in [2.75, 3.05) is 0 Å². The van der Waals surface area contributed by atoms with Crippen LogP contribution in [0.1, 0.15) is 18.9 Å². The standard InChI is InChI=1S/C10H16N4O/c1-8(5-10(11)14-15)13-7-9-3-2-4-12-6-9/h2-4,6,8,13,15H,5,7H2,1H3,(H2,11,14). The number of pyridine rings is 1. The first-order chi connectivity index (χ1) is 7.22. The Morgan fingerprint density at radius 1 is 1.73 bits per heavy atom. The number of amidine groups is 1. The molecule has 0 spiro atoms. The molecule has 0 radical (unpaired) electrons. The molecule has 0 saturated heterocycles. The molecule has 1 atom stereocenters. The lowest BCUT2D eigenvalue weighted by Crippen LogP contribution is -2.30. The number of aromatic nitrogens is 1.